The average molecular weight is 216 g/mol. The molecule has 0 radical (unpaired) electrons. The molecule has 1 rings (SSSR count). The van der Waals surface area contributed by atoms with Gasteiger partial charge in [0.05, 0.1) is 0 Å². The van der Waals surface area contributed by atoms with Gasteiger partial charge in [-0.15, -0.1) is 0 Å². The van der Waals surface area contributed by atoms with Gasteiger partial charge in [0.2, 0.25) is 0 Å². The summed E-state index contributed by atoms with van der Waals surface area (Å²) in [5, 5.41) is 0. The fraction of sp³-hybridized carbons (Fsp3) is 0.200. The van der Waals surface area contributed by atoms with Crippen LogP contribution in [0.1, 0.15) is 0 Å². The molecule has 1 aromatic heterocycles. The minimum Gasteiger partial charge on any atom is -0.448 e. The van der Waals surface area contributed by atoms with E-state index in [0.29, 0.717) is 4.57 Å². The maximum absolute atomic E-state index is 11.8. The number of hydrogen-bond acceptors (Lipinski definition) is 2. The molecule has 0 fully saturated rings. The van der Waals surface area contributed by atoms with E-state index in [4.69, 9.17) is 0 Å². The van der Waals surface area contributed by atoms with Crippen molar-refractivity contribution in [3.8, 4) is 0 Å². The van der Waals surface area contributed by atoms with Crippen LogP contribution in [0.3, 0.4) is 0 Å². The van der Waals surface area contributed by atoms with Crippen molar-refractivity contribution in [3.63, 3.8) is 0 Å². The fourth-order valence-corrected chi connectivity index (χ4v) is 0.749. The van der Waals surface area contributed by atoms with Crippen LogP contribution in [0, 0.1) is 0 Å². The zero-order valence-electron chi connectivity index (χ0n) is 6.95. The third kappa shape index (κ3) is 4.96. The fourth-order valence-electron chi connectivity index (χ4n) is 0.749. The first-order valence-corrected chi connectivity index (χ1v) is 3.21. The van der Waals surface area contributed by atoms with Gasteiger partial charge in [0.15, 0.2) is 0 Å². The van der Waals surface area contributed by atoms with E-state index in [1.165, 1.54) is 6.07 Å². The molecule has 66 valence electrons. The minimum atomic E-state index is -4.98. The van der Waals surface area contributed by atoms with E-state index in [1.54, 1.807) is 0 Å². The molecule has 3 nitrogen and oxygen atoms in total. The van der Waals surface area contributed by atoms with Gasteiger partial charge in [0.25, 0.3) is 0 Å². The van der Waals surface area contributed by atoms with Crippen molar-refractivity contribution in [1.82, 2.24) is 9.55 Å². The first kappa shape index (κ1) is 13.4. The summed E-state index contributed by atoms with van der Waals surface area (Å²) in [6, 6.07) is 1.28. The smallest absolute Gasteiger partial charge is 0.448 e. The molecule has 0 aliphatic heterocycles. The van der Waals surface area contributed by atoms with Gasteiger partial charge in [-0.2, -0.15) is 0 Å². The van der Waals surface area contributed by atoms with E-state index in [2.05, 4.69) is 4.98 Å². The molecule has 0 spiro atoms. The van der Waals surface area contributed by atoms with Crippen LogP contribution in [-0.4, -0.2) is 16.5 Å². The largest absolute Gasteiger partial charge is 1.00 e. The molecule has 13 heavy (non-hydrogen) atoms. The number of nitrogens with zero attached hydrogens (tertiary/aromatic N) is 2. The van der Waals surface area contributed by atoms with Crippen molar-refractivity contribution < 1.29 is 64.3 Å². The second-order valence-corrected chi connectivity index (χ2v) is 2.26. The van der Waals surface area contributed by atoms with Crippen LogP contribution in [0.5, 0.6) is 0 Å². The minimum absolute atomic E-state index is 0. The molecule has 8 heteroatoms. The van der Waals surface area contributed by atoms with Gasteiger partial charge >= 0.3 is 64.1 Å². The van der Waals surface area contributed by atoms with Gasteiger partial charge in [0.1, 0.15) is 0 Å². The topological polar surface area (TPSA) is 34.9 Å². The number of rotatable bonds is 2. The van der Waals surface area contributed by atoms with Crippen LogP contribution in [0.2, 0.25) is 0 Å². The summed E-state index contributed by atoms with van der Waals surface area (Å²) in [7, 11) is 0. The van der Waals surface area contributed by atoms with Crippen LogP contribution in [-0.2, 0) is 6.44 Å². The Morgan fingerprint density at radius 2 is 2.08 bits per heavy atom. The van der Waals surface area contributed by atoms with Crippen LogP contribution in [0.25, 0.3) is 0 Å². The van der Waals surface area contributed by atoms with Crippen molar-refractivity contribution >= 4 is 6.98 Å². The SMILES string of the molecule is O=c1ncccn1C[B-](F)(F)F.[K+]. The molecule has 0 aromatic carbocycles. The van der Waals surface area contributed by atoms with Crippen molar-refractivity contribution in [2.75, 3.05) is 0 Å². The Morgan fingerprint density at radius 1 is 1.46 bits per heavy atom. The Labute approximate surface area is 115 Å². The molecule has 0 saturated carbocycles. The van der Waals surface area contributed by atoms with E-state index in [-0.39, 0.29) is 51.4 Å². The first-order chi connectivity index (χ1) is 5.49. The van der Waals surface area contributed by atoms with E-state index < -0.39 is 19.1 Å². The molecule has 0 bridgehead atoms. The number of halogens is 3. The molecule has 0 aliphatic carbocycles. The molecular formula is C5H5BF3KN2O. The summed E-state index contributed by atoms with van der Waals surface area (Å²) in [5.74, 6) is 0. The monoisotopic (exact) mass is 216 g/mol. The second-order valence-electron chi connectivity index (χ2n) is 2.26. The van der Waals surface area contributed by atoms with Gasteiger partial charge in [-0.1, -0.05) is 0 Å². The van der Waals surface area contributed by atoms with Gasteiger partial charge in [-0.25, -0.2) is 9.78 Å². The molecule has 0 atom stereocenters. The average Bonchev–Trinajstić information content (AvgIpc) is 1.91. The molecule has 0 unspecified atom stereocenters. The first-order valence-electron chi connectivity index (χ1n) is 3.21. The van der Waals surface area contributed by atoms with E-state index in [0.717, 1.165) is 12.4 Å². The van der Waals surface area contributed by atoms with E-state index >= 15 is 0 Å². The van der Waals surface area contributed by atoms with Gasteiger partial charge in [-0.3, -0.25) is 0 Å². The van der Waals surface area contributed by atoms with Crippen molar-refractivity contribution in [2.24, 2.45) is 0 Å². The number of hydrogen-bond donors (Lipinski definition) is 0. The molecule has 1 aromatic rings. The number of aromatic nitrogens is 2. The standard InChI is InChI=1S/C5H5BF3N2O.K/c7-6(8,9)4-11-3-1-2-10-5(11)12;/h1-3H,4H2;/q-1;+1. The van der Waals surface area contributed by atoms with Crippen molar-refractivity contribution in [1.29, 1.82) is 0 Å². The summed E-state index contributed by atoms with van der Waals surface area (Å²) in [5.41, 5.74) is -0.878. The third-order valence-corrected chi connectivity index (χ3v) is 1.19. The van der Waals surface area contributed by atoms with Crippen LogP contribution < -0.4 is 57.1 Å². The van der Waals surface area contributed by atoms with Gasteiger partial charge in [0, 0.05) is 12.4 Å². The predicted molar refractivity (Wildman–Crippen MR) is 37.6 cm³/mol. The van der Waals surface area contributed by atoms with Crippen molar-refractivity contribution in [2.45, 2.75) is 6.44 Å². The predicted octanol–water partition coefficient (Wildman–Crippen LogP) is -2.37. The molecule has 0 amide bonds. The quantitative estimate of drug-likeness (QED) is 0.518. The maximum atomic E-state index is 11.8. The Balaban J connectivity index is 0.00000144. The van der Waals surface area contributed by atoms with Crippen LogP contribution in [0.4, 0.5) is 12.9 Å². The van der Waals surface area contributed by atoms with Gasteiger partial charge in [-0.05, 0) is 12.5 Å². The zero-order valence-corrected chi connectivity index (χ0v) is 10.1. The molecule has 0 saturated heterocycles. The Morgan fingerprint density at radius 3 is 2.54 bits per heavy atom. The summed E-state index contributed by atoms with van der Waals surface area (Å²) in [4.78, 5) is 13.8. The Bertz CT molecular complexity index is 326. The molecular weight excluding hydrogens is 211 g/mol. The molecule has 0 N–H and O–H groups in total. The Kier molecular flexibility index (Phi) is 5.45. The second kappa shape index (κ2) is 5.30. The Hall–Kier alpha value is 0.371. The molecule has 0 aliphatic rings. The van der Waals surface area contributed by atoms with Crippen molar-refractivity contribution in [3.05, 3.63) is 28.9 Å². The van der Waals surface area contributed by atoms with E-state index in [1.807, 2.05) is 0 Å². The summed E-state index contributed by atoms with van der Waals surface area (Å²) in [6.07, 6.45) is 0.986. The van der Waals surface area contributed by atoms with Gasteiger partial charge < -0.3 is 17.5 Å². The normalized spacial score (nSPS) is 10.7. The summed E-state index contributed by atoms with van der Waals surface area (Å²) in [6.45, 7) is -4.98. The summed E-state index contributed by atoms with van der Waals surface area (Å²) < 4.78 is 35.9. The summed E-state index contributed by atoms with van der Waals surface area (Å²) >= 11 is 0. The zero-order chi connectivity index (χ0) is 9.19. The van der Waals surface area contributed by atoms with Crippen LogP contribution >= 0.6 is 0 Å². The third-order valence-electron chi connectivity index (χ3n) is 1.19. The van der Waals surface area contributed by atoms with Crippen LogP contribution in [0.15, 0.2) is 23.3 Å². The van der Waals surface area contributed by atoms with E-state index in [9.17, 15) is 17.7 Å². The maximum Gasteiger partial charge on any atom is 1.00 e. The molecule has 1 heterocycles.